The minimum atomic E-state index is -0.146. The van der Waals surface area contributed by atoms with Crippen LogP contribution >= 0.6 is 46.1 Å². The Bertz CT molecular complexity index is 484. The van der Waals surface area contributed by atoms with E-state index in [-0.39, 0.29) is 5.38 Å². The summed E-state index contributed by atoms with van der Waals surface area (Å²) in [6.45, 7) is 0. The van der Waals surface area contributed by atoms with Crippen LogP contribution in [0, 0.1) is 0 Å². The lowest BCUT2D eigenvalue weighted by molar-refractivity contribution is 0.936. The van der Waals surface area contributed by atoms with E-state index in [1.54, 1.807) is 23.7 Å². The van der Waals surface area contributed by atoms with Crippen molar-refractivity contribution in [2.75, 3.05) is 0 Å². The van der Waals surface area contributed by atoms with E-state index < -0.39 is 0 Å². The third kappa shape index (κ3) is 2.69. The van der Waals surface area contributed by atoms with Gasteiger partial charge in [0.05, 0.1) is 15.4 Å². The first kappa shape index (κ1) is 12.2. The first-order valence-electron chi connectivity index (χ1n) is 4.64. The van der Waals surface area contributed by atoms with Gasteiger partial charge in [-0.15, -0.1) is 22.9 Å². The highest BCUT2D eigenvalue weighted by molar-refractivity contribution is 7.11. The van der Waals surface area contributed by atoms with Crippen molar-refractivity contribution in [2.24, 2.45) is 0 Å². The first-order chi connectivity index (χ1) is 7.68. The fraction of sp³-hybridized carbons (Fsp3) is 0.182. The molecule has 1 unspecified atom stereocenters. The number of rotatable bonds is 3. The highest BCUT2D eigenvalue weighted by Crippen LogP contribution is 2.35. The number of aromatic nitrogens is 1. The maximum atomic E-state index is 6.31. The minimum absolute atomic E-state index is 0.146. The molecule has 16 heavy (non-hydrogen) atoms. The lowest BCUT2D eigenvalue weighted by Gasteiger charge is -2.09. The van der Waals surface area contributed by atoms with Crippen LogP contribution in [-0.2, 0) is 6.42 Å². The molecule has 1 atom stereocenters. The van der Waals surface area contributed by atoms with Gasteiger partial charge in [-0.1, -0.05) is 23.2 Å². The van der Waals surface area contributed by atoms with E-state index in [2.05, 4.69) is 4.98 Å². The van der Waals surface area contributed by atoms with E-state index in [4.69, 9.17) is 34.8 Å². The van der Waals surface area contributed by atoms with Crippen molar-refractivity contribution in [1.29, 1.82) is 0 Å². The van der Waals surface area contributed by atoms with Gasteiger partial charge < -0.3 is 0 Å². The normalized spacial score (nSPS) is 12.7. The molecule has 0 amide bonds. The smallest absolute Gasteiger partial charge is 0.0734 e. The van der Waals surface area contributed by atoms with Crippen LogP contribution in [0.25, 0.3) is 0 Å². The topological polar surface area (TPSA) is 12.9 Å². The van der Waals surface area contributed by atoms with Crippen LogP contribution in [0.4, 0.5) is 0 Å². The van der Waals surface area contributed by atoms with Gasteiger partial charge in [0.1, 0.15) is 0 Å². The number of pyridine rings is 1. The second kappa shape index (κ2) is 5.37. The number of hydrogen-bond donors (Lipinski definition) is 0. The summed E-state index contributed by atoms with van der Waals surface area (Å²) < 4.78 is 0. The van der Waals surface area contributed by atoms with Gasteiger partial charge in [0.15, 0.2) is 0 Å². The summed E-state index contributed by atoms with van der Waals surface area (Å²) in [5.74, 6) is 0. The Hall–Kier alpha value is -0.280. The van der Waals surface area contributed by atoms with Crippen LogP contribution in [0.2, 0.25) is 10.0 Å². The molecule has 0 saturated heterocycles. The molecule has 0 fully saturated rings. The quantitative estimate of drug-likeness (QED) is 0.728. The summed E-state index contributed by atoms with van der Waals surface area (Å²) in [5, 5.41) is 3.14. The molecule has 0 aromatic carbocycles. The lowest BCUT2D eigenvalue weighted by Crippen LogP contribution is -1.95. The van der Waals surface area contributed by atoms with Crippen molar-refractivity contribution < 1.29 is 0 Å². The van der Waals surface area contributed by atoms with Gasteiger partial charge in [-0.25, -0.2) is 0 Å². The number of alkyl halides is 1. The van der Waals surface area contributed by atoms with E-state index >= 15 is 0 Å². The van der Waals surface area contributed by atoms with Gasteiger partial charge in [-0.2, -0.15) is 0 Å². The van der Waals surface area contributed by atoms with Gasteiger partial charge >= 0.3 is 0 Å². The monoisotopic (exact) mass is 291 g/mol. The van der Waals surface area contributed by atoms with Gasteiger partial charge in [-0.05, 0) is 29.5 Å². The lowest BCUT2D eigenvalue weighted by atomic mass is 10.1. The fourth-order valence-corrected chi connectivity index (χ4v) is 3.24. The van der Waals surface area contributed by atoms with Crippen LogP contribution in [0.1, 0.15) is 15.8 Å². The summed E-state index contributed by atoms with van der Waals surface area (Å²) in [4.78, 5) is 4.92. The molecule has 2 aromatic rings. The van der Waals surface area contributed by atoms with Gasteiger partial charge in [0, 0.05) is 17.3 Å². The third-order valence-electron chi connectivity index (χ3n) is 2.18. The Balaban J connectivity index is 2.17. The second-order valence-electron chi connectivity index (χ2n) is 3.27. The zero-order valence-electron chi connectivity index (χ0n) is 8.16. The van der Waals surface area contributed by atoms with E-state index in [1.165, 1.54) is 0 Å². The zero-order valence-corrected chi connectivity index (χ0v) is 11.2. The average Bonchev–Trinajstić information content (AvgIpc) is 2.68. The highest BCUT2D eigenvalue weighted by atomic mass is 35.5. The molecule has 1 nitrogen and oxygen atoms in total. The molecule has 2 rings (SSSR count). The molecule has 0 bridgehead atoms. The highest BCUT2D eigenvalue weighted by Gasteiger charge is 2.15. The predicted molar refractivity (Wildman–Crippen MR) is 70.9 cm³/mol. The van der Waals surface area contributed by atoms with Gasteiger partial charge in [-0.3, -0.25) is 4.98 Å². The van der Waals surface area contributed by atoms with Crippen molar-refractivity contribution in [3.8, 4) is 0 Å². The standard InChI is InChI=1S/C11H8Cl3NS/c12-8-2-4-16-11(8)9(13)5-7-1-3-15-6-10(7)14/h1-4,6,9H,5H2. The maximum Gasteiger partial charge on any atom is 0.0734 e. The van der Waals surface area contributed by atoms with Crippen LogP contribution in [0.3, 0.4) is 0 Å². The fourth-order valence-electron chi connectivity index (χ4n) is 1.38. The van der Waals surface area contributed by atoms with Crippen LogP contribution in [0.15, 0.2) is 29.9 Å². The van der Waals surface area contributed by atoms with E-state index in [0.29, 0.717) is 11.4 Å². The summed E-state index contributed by atoms with van der Waals surface area (Å²) in [7, 11) is 0. The Morgan fingerprint density at radius 3 is 2.69 bits per heavy atom. The Labute approximate surface area is 113 Å². The van der Waals surface area contributed by atoms with Crippen LogP contribution in [0.5, 0.6) is 0 Å². The Morgan fingerprint density at radius 2 is 2.06 bits per heavy atom. The summed E-state index contributed by atoms with van der Waals surface area (Å²) >= 11 is 19.9. The predicted octanol–water partition coefficient (Wildman–Crippen LogP) is 4.97. The van der Waals surface area contributed by atoms with Crippen LogP contribution < -0.4 is 0 Å². The van der Waals surface area contributed by atoms with Crippen molar-refractivity contribution in [3.63, 3.8) is 0 Å². The largest absolute Gasteiger partial charge is 0.263 e. The molecule has 0 N–H and O–H groups in total. The third-order valence-corrected chi connectivity index (χ3v) is 4.50. The number of halogens is 3. The van der Waals surface area contributed by atoms with Crippen molar-refractivity contribution >= 4 is 46.1 Å². The van der Waals surface area contributed by atoms with E-state index in [0.717, 1.165) is 15.5 Å². The van der Waals surface area contributed by atoms with E-state index in [1.807, 2.05) is 17.5 Å². The Kier molecular flexibility index (Phi) is 4.09. The van der Waals surface area contributed by atoms with Gasteiger partial charge in [0.2, 0.25) is 0 Å². The maximum absolute atomic E-state index is 6.31. The first-order valence-corrected chi connectivity index (χ1v) is 6.71. The van der Waals surface area contributed by atoms with Gasteiger partial charge in [0.25, 0.3) is 0 Å². The summed E-state index contributed by atoms with van der Waals surface area (Å²) in [6, 6.07) is 3.73. The SMILES string of the molecule is Clc1cnccc1CC(Cl)c1sccc1Cl. The molecule has 0 aliphatic carbocycles. The molecule has 0 saturated carbocycles. The summed E-state index contributed by atoms with van der Waals surface area (Å²) in [6.07, 6.45) is 3.99. The molecule has 0 spiro atoms. The number of nitrogens with zero attached hydrogens (tertiary/aromatic N) is 1. The second-order valence-corrected chi connectivity index (χ2v) is 5.56. The van der Waals surface area contributed by atoms with E-state index in [9.17, 15) is 0 Å². The van der Waals surface area contributed by atoms with Crippen molar-refractivity contribution in [2.45, 2.75) is 11.8 Å². The van der Waals surface area contributed by atoms with Crippen molar-refractivity contribution in [1.82, 2.24) is 4.98 Å². The minimum Gasteiger partial charge on any atom is -0.263 e. The molecule has 2 heterocycles. The molecule has 2 aromatic heterocycles. The van der Waals surface area contributed by atoms with Crippen LogP contribution in [-0.4, -0.2) is 4.98 Å². The zero-order chi connectivity index (χ0) is 11.5. The number of hydrogen-bond acceptors (Lipinski definition) is 2. The molecule has 0 radical (unpaired) electrons. The molecule has 84 valence electrons. The molecular formula is C11H8Cl3NS. The molecule has 5 heteroatoms. The molecular weight excluding hydrogens is 285 g/mol. The molecule has 0 aliphatic rings. The molecule has 0 aliphatic heterocycles. The summed E-state index contributed by atoms with van der Waals surface area (Å²) in [5.41, 5.74) is 0.987. The number of thiophene rings is 1. The van der Waals surface area contributed by atoms with Crippen molar-refractivity contribution in [3.05, 3.63) is 50.4 Å². The Morgan fingerprint density at radius 1 is 1.25 bits per heavy atom. The average molecular weight is 293 g/mol.